The van der Waals surface area contributed by atoms with Gasteiger partial charge in [0.25, 0.3) is 0 Å². The molecule has 35 heavy (non-hydrogen) atoms. The lowest BCUT2D eigenvalue weighted by atomic mass is 9.94. The summed E-state index contributed by atoms with van der Waals surface area (Å²) in [6, 6.07) is 25.1. The minimum Gasteiger partial charge on any atom is -0.308 e. The fraction of sp³-hybridized carbons (Fsp3) is 0.167. The van der Waals surface area contributed by atoms with Gasteiger partial charge in [0.15, 0.2) is 5.65 Å². The first-order valence-electron chi connectivity index (χ1n) is 11.7. The number of fused-ring (bicyclic) bond motifs is 1. The molecule has 0 atom stereocenters. The molecule has 5 rings (SSSR count). The van der Waals surface area contributed by atoms with Gasteiger partial charge in [0.2, 0.25) is 0 Å². The molecule has 0 aliphatic carbocycles. The maximum Gasteiger partial charge on any atom is 0.160 e. The van der Waals surface area contributed by atoms with E-state index in [1.165, 1.54) is 6.07 Å². The largest absolute Gasteiger partial charge is 0.308 e. The summed E-state index contributed by atoms with van der Waals surface area (Å²) in [6.07, 6.45) is 0.729. The van der Waals surface area contributed by atoms with Gasteiger partial charge in [0.05, 0.1) is 18.2 Å². The highest BCUT2D eigenvalue weighted by Crippen LogP contribution is 2.31. The Hall–Kier alpha value is -4.30. The van der Waals surface area contributed by atoms with Gasteiger partial charge in [-0.3, -0.25) is 0 Å². The molecular formula is C30H25FN4. The van der Waals surface area contributed by atoms with Crippen LogP contribution in [0.5, 0.6) is 0 Å². The van der Waals surface area contributed by atoms with Gasteiger partial charge in [0.1, 0.15) is 17.2 Å². The maximum atomic E-state index is 15.4. The number of nitriles is 1. The van der Waals surface area contributed by atoms with Gasteiger partial charge >= 0.3 is 0 Å². The number of rotatable bonds is 5. The third-order valence-corrected chi connectivity index (χ3v) is 6.36. The molecule has 0 radical (unpaired) electrons. The second-order valence-corrected chi connectivity index (χ2v) is 8.76. The maximum absolute atomic E-state index is 15.4. The highest BCUT2D eigenvalue weighted by Gasteiger charge is 2.16. The van der Waals surface area contributed by atoms with Gasteiger partial charge in [0, 0.05) is 23.2 Å². The Kier molecular flexibility index (Phi) is 5.88. The number of pyridine rings is 1. The van der Waals surface area contributed by atoms with Crippen LogP contribution in [0.4, 0.5) is 4.39 Å². The molecule has 0 saturated carbocycles. The third-order valence-electron chi connectivity index (χ3n) is 6.36. The van der Waals surface area contributed by atoms with Crippen LogP contribution in [0.15, 0.2) is 72.8 Å². The zero-order valence-corrected chi connectivity index (χ0v) is 20.0. The number of imidazole rings is 1. The molecule has 0 amide bonds. The average Bonchev–Trinajstić information content (AvgIpc) is 3.23. The number of hydrogen-bond donors (Lipinski definition) is 0. The second kappa shape index (κ2) is 9.15. The van der Waals surface area contributed by atoms with Crippen molar-refractivity contribution < 1.29 is 4.39 Å². The summed E-state index contributed by atoms with van der Waals surface area (Å²) in [4.78, 5) is 9.47. The van der Waals surface area contributed by atoms with E-state index in [0.29, 0.717) is 23.2 Å². The summed E-state index contributed by atoms with van der Waals surface area (Å²) in [5.41, 5.74) is 8.13. The van der Waals surface area contributed by atoms with Gasteiger partial charge < -0.3 is 4.57 Å². The smallest absolute Gasteiger partial charge is 0.160 e. The predicted molar refractivity (Wildman–Crippen MR) is 137 cm³/mol. The molecule has 0 fully saturated rings. The molecule has 5 aromatic rings. The first-order chi connectivity index (χ1) is 17.0. The summed E-state index contributed by atoms with van der Waals surface area (Å²) < 4.78 is 17.4. The van der Waals surface area contributed by atoms with E-state index in [1.807, 2.05) is 79.9 Å². The molecule has 0 aliphatic heterocycles. The highest BCUT2D eigenvalue weighted by atomic mass is 19.1. The van der Waals surface area contributed by atoms with Crippen molar-refractivity contribution in [3.63, 3.8) is 0 Å². The summed E-state index contributed by atoms with van der Waals surface area (Å²) in [5, 5.41) is 9.68. The van der Waals surface area contributed by atoms with Crippen molar-refractivity contribution >= 4 is 11.2 Å². The van der Waals surface area contributed by atoms with Crippen LogP contribution in [0.25, 0.3) is 33.4 Å². The SMILES string of the molecule is CCc1nc2c(C)cc(C)nc2n1Cc1ccc(-c2cc(-c3ccccc3)ccc2C#N)cc1F. The van der Waals surface area contributed by atoms with Crippen LogP contribution in [-0.2, 0) is 13.0 Å². The topological polar surface area (TPSA) is 54.5 Å². The van der Waals surface area contributed by atoms with Crippen molar-refractivity contribution in [2.75, 3.05) is 0 Å². The molecule has 2 heterocycles. The molecule has 4 nitrogen and oxygen atoms in total. The van der Waals surface area contributed by atoms with E-state index in [-0.39, 0.29) is 5.82 Å². The van der Waals surface area contributed by atoms with E-state index in [2.05, 4.69) is 6.07 Å². The monoisotopic (exact) mass is 460 g/mol. The Morgan fingerprint density at radius 2 is 1.66 bits per heavy atom. The molecule has 3 aromatic carbocycles. The molecule has 0 bridgehead atoms. The van der Waals surface area contributed by atoms with Crippen molar-refractivity contribution in [2.24, 2.45) is 0 Å². The van der Waals surface area contributed by atoms with Crippen molar-refractivity contribution in [2.45, 2.75) is 33.7 Å². The Morgan fingerprint density at radius 3 is 2.37 bits per heavy atom. The fourth-order valence-corrected chi connectivity index (χ4v) is 4.59. The van der Waals surface area contributed by atoms with Crippen LogP contribution >= 0.6 is 0 Å². The molecule has 0 saturated heterocycles. The van der Waals surface area contributed by atoms with E-state index >= 15 is 4.39 Å². The number of hydrogen-bond acceptors (Lipinski definition) is 3. The van der Waals surface area contributed by atoms with E-state index in [1.54, 1.807) is 12.1 Å². The molecule has 0 N–H and O–H groups in total. The average molecular weight is 461 g/mol. The Morgan fingerprint density at radius 1 is 0.886 bits per heavy atom. The predicted octanol–water partition coefficient (Wildman–Crippen LogP) is 7.00. The minimum atomic E-state index is -0.315. The molecule has 0 spiro atoms. The van der Waals surface area contributed by atoms with Crippen LogP contribution < -0.4 is 0 Å². The minimum absolute atomic E-state index is 0.315. The van der Waals surface area contributed by atoms with E-state index < -0.39 is 0 Å². The normalized spacial score (nSPS) is 11.1. The van der Waals surface area contributed by atoms with Crippen molar-refractivity contribution in [3.05, 3.63) is 107 Å². The Bertz CT molecular complexity index is 1590. The summed E-state index contributed by atoms with van der Waals surface area (Å²) in [5.74, 6) is 0.566. The highest BCUT2D eigenvalue weighted by molar-refractivity contribution is 5.78. The molecule has 0 aliphatic rings. The van der Waals surface area contributed by atoms with Gasteiger partial charge in [-0.25, -0.2) is 14.4 Å². The number of halogens is 1. The number of aryl methyl sites for hydroxylation is 3. The lowest BCUT2D eigenvalue weighted by Crippen LogP contribution is -2.07. The van der Waals surface area contributed by atoms with Gasteiger partial charge in [-0.05, 0) is 60.4 Å². The zero-order valence-electron chi connectivity index (χ0n) is 20.0. The van der Waals surface area contributed by atoms with Gasteiger partial charge in [-0.2, -0.15) is 5.26 Å². The standard InChI is InChI=1S/C30H25FN4/c1-4-28-34-29-19(2)14-20(3)33-30(29)35(28)18-25-13-11-23(16-27(25)31)26-15-22(10-12-24(26)17-32)21-8-6-5-7-9-21/h5-16H,4,18H2,1-3H3. The van der Waals surface area contributed by atoms with Crippen LogP contribution in [0.2, 0.25) is 0 Å². The Labute approximate surface area is 204 Å². The Balaban J connectivity index is 1.55. The summed E-state index contributed by atoms with van der Waals surface area (Å²) in [6.45, 7) is 6.37. The van der Waals surface area contributed by atoms with Crippen molar-refractivity contribution in [3.8, 4) is 28.3 Å². The molecule has 0 unspecified atom stereocenters. The van der Waals surface area contributed by atoms with Crippen molar-refractivity contribution in [1.29, 1.82) is 5.26 Å². The molecule has 5 heteroatoms. The van der Waals surface area contributed by atoms with Gasteiger partial charge in [-0.1, -0.05) is 55.5 Å². The molecule has 2 aromatic heterocycles. The van der Waals surface area contributed by atoms with E-state index in [9.17, 15) is 5.26 Å². The third kappa shape index (κ3) is 4.20. The second-order valence-electron chi connectivity index (χ2n) is 8.76. The molecular weight excluding hydrogens is 435 g/mol. The number of aromatic nitrogens is 3. The van der Waals surface area contributed by atoms with E-state index in [4.69, 9.17) is 9.97 Å². The van der Waals surface area contributed by atoms with Crippen LogP contribution in [0.1, 0.15) is 35.1 Å². The van der Waals surface area contributed by atoms with Gasteiger partial charge in [-0.15, -0.1) is 0 Å². The first-order valence-corrected chi connectivity index (χ1v) is 11.7. The van der Waals surface area contributed by atoms with Crippen LogP contribution in [-0.4, -0.2) is 14.5 Å². The summed E-state index contributed by atoms with van der Waals surface area (Å²) in [7, 11) is 0. The quantitative estimate of drug-likeness (QED) is 0.284. The van der Waals surface area contributed by atoms with Crippen molar-refractivity contribution in [1.82, 2.24) is 14.5 Å². The van der Waals surface area contributed by atoms with Crippen LogP contribution in [0, 0.1) is 31.0 Å². The first kappa shape index (κ1) is 22.5. The molecule has 172 valence electrons. The zero-order chi connectivity index (χ0) is 24.5. The lowest BCUT2D eigenvalue weighted by Gasteiger charge is -2.12. The lowest BCUT2D eigenvalue weighted by molar-refractivity contribution is 0.597. The van der Waals surface area contributed by atoms with E-state index in [0.717, 1.165) is 51.4 Å². The summed E-state index contributed by atoms with van der Waals surface area (Å²) >= 11 is 0. The fourth-order valence-electron chi connectivity index (χ4n) is 4.59. The number of benzene rings is 3. The number of nitrogens with zero attached hydrogens (tertiary/aromatic N) is 4. The van der Waals surface area contributed by atoms with Crippen LogP contribution in [0.3, 0.4) is 0 Å².